The summed E-state index contributed by atoms with van der Waals surface area (Å²) < 4.78 is 143. The Kier molecular flexibility index (Phi) is 12.7. The quantitative estimate of drug-likeness (QED) is 0.173. The summed E-state index contributed by atoms with van der Waals surface area (Å²) in [6, 6.07) is 2.28. The molecule has 0 saturated heterocycles. The second-order valence-corrected chi connectivity index (χ2v) is 12.0. The first kappa shape index (κ1) is 40.7. The Morgan fingerprint density at radius 2 is 1.46 bits per heavy atom. The van der Waals surface area contributed by atoms with E-state index in [2.05, 4.69) is 0 Å². The molecule has 0 aliphatic heterocycles. The second-order valence-electron chi connectivity index (χ2n) is 10.8. The van der Waals surface area contributed by atoms with Gasteiger partial charge < -0.3 is 10.1 Å². The van der Waals surface area contributed by atoms with Gasteiger partial charge in [0.1, 0.15) is 30.4 Å². The van der Waals surface area contributed by atoms with Crippen molar-refractivity contribution in [3.63, 3.8) is 0 Å². The average Bonchev–Trinajstić information content (AvgIpc) is 2.92. The summed E-state index contributed by atoms with van der Waals surface area (Å²) in [5, 5.41) is 0.473. The molecule has 0 aromatic heterocycles. The zero-order valence-electron chi connectivity index (χ0n) is 24.9. The van der Waals surface area contributed by atoms with Crippen LogP contribution in [0.1, 0.15) is 53.7 Å². The normalized spacial score (nSPS) is 13.6. The van der Waals surface area contributed by atoms with E-state index in [1.54, 1.807) is 0 Å². The van der Waals surface area contributed by atoms with Crippen LogP contribution in [-0.4, -0.2) is 66.0 Å². The van der Waals surface area contributed by atoms with Crippen LogP contribution in [0.15, 0.2) is 36.4 Å². The Bertz CT molecular complexity index is 1550. The number of amides is 3. The van der Waals surface area contributed by atoms with Crippen molar-refractivity contribution in [2.45, 2.75) is 50.8 Å². The van der Waals surface area contributed by atoms with Crippen LogP contribution in [0.25, 0.3) is 5.83 Å². The van der Waals surface area contributed by atoms with E-state index in [0.29, 0.717) is 12.1 Å². The zero-order valence-corrected chi connectivity index (χ0v) is 27.2. The molecule has 0 aliphatic carbocycles. The lowest BCUT2D eigenvalue weighted by Gasteiger charge is -2.33. The van der Waals surface area contributed by atoms with E-state index in [0.717, 1.165) is 19.2 Å². The number of hydrogen-bond acceptors (Lipinski definition) is 4. The molecule has 0 bridgehead atoms. The van der Waals surface area contributed by atoms with Gasteiger partial charge in [0.05, 0.1) is 26.2 Å². The number of carbonyl (C=O) groups excluding carboxylic acids is 3. The van der Waals surface area contributed by atoms with Crippen LogP contribution < -0.4 is 5.32 Å². The molecular formula is C28H24Cl3F10N3O4. The Balaban J connectivity index is 2.66. The predicted octanol–water partition coefficient (Wildman–Crippen LogP) is 9.22. The molecule has 0 heterocycles. The van der Waals surface area contributed by atoms with Gasteiger partial charge in [0, 0.05) is 12.6 Å². The van der Waals surface area contributed by atoms with Gasteiger partial charge in [0.15, 0.2) is 0 Å². The third-order valence-corrected chi connectivity index (χ3v) is 7.09. The third kappa shape index (κ3) is 11.3. The number of hydrazine groups is 1. The van der Waals surface area contributed by atoms with Gasteiger partial charge >= 0.3 is 24.6 Å². The molecule has 266 valence electrons. The van der Waals surface area contributed by atoms with Gasteiger partial charge in [0.25, 0.3) is 5.91 Å². The molecule has 1 atom stereocenters. The number of allylic oxidation sites excluding steroid dienone is 1. The zero-order chi connectivity index (χ0) is 37.2. The molecule has 2 rings (SSSR count). The Morgan fingerprint density at radius 3 is 1.92 bits per heavy atom. The number of nitrogens with one attached hydrogen (secondary N) is 1. The summed E-state index contributed by atoms with van der Waals surface area (Å²) in [4.78, 5) is 38.3. The first-order valence-corrected chi connectivity index (χ1v) is 14.2. The first-order chi connectivity index (χ1) is 21.6. The highest BCUT2D eigenvalue weighted by Gasteiger charge is 2.42. The minimum Gasteiger partial charge on any atom is -0.442 e. The molecule has 3 amide bonds. The Hall–Kier alpha value is -3.44. The van der Waals surface area contributed by atoms with Crippen molar-refractivity contribution in [1.29, 1.82) is 0 Å². The molecule has 1 N–H and O–H groups in total. The standard InChI is InChI=1S/C28H24Cl3F10N3O4/c1-25(2,3)48-24(47)43(4)44(11-21(45)42-12-26(33,34)35)23(46)15-6-5-13(7-17(15)28(39,40)41)20(32)10-16(27(36,37)38)14-8-18(29)22(31)19(30)9-14/h5-10,16H,11-12H2,1-4H3,(H,42,45)/b20-10-. The largest absolute Gasteiger partial charge is 0.442 e. The summed E-state index contributed by atoms with van der Waals surface area (Å²) in [6.45, 7) is 0.762. The summed E-state index contributed by atoms with van der Waals surface area (Å²) in [5.41, 5.74) is -6.36. The van der Waals surface area contributed by atoms with Crippen molar-refractivity contribution in [2.24, 2.45) is 0 Å². The molecule has 7 nitrogen and oxygen atoms in total. The van der Waals surface area contributed by atoms with Crippen molar-refractivity contribution in [2.75, 3.05) is 20.1 Å². The van der Waals surface area contributed by atoms with Gasteiger partial charge in [0.2, 0.25) is 5.91 Å². The molecule has 0 saturated carbocycles. The van der Waals surface area contributed by atoms with Crippen molar-refractivity contribution in [3.05, 3.63) is 73.7 Å². The lowest BCUT2D eigenvalue weighted by molar-refractivity contribution is -0.140. The van der Waals surface area contributed by atoms with Crippen LogP contribution in [0.5, 0.6) is 0 Å². The van der Waals surface area contributed by atoms with Gasteiger partial charge in [-0.15, -0.1) is 0 Å². The highest BCUT2D eigenvalue weighted by Crippen LogP contribution is 2.43. The van der Waals surface area contributed by atoms with E-state index in [9.17, 15) is 53.9 Å². The maximum atomic E-state index is 15.3. The number of ether oxygens (including phenoxy) is 1. The van der Waals surface area contributed by atoms with Crippen molar-refractivity contribution >= 4 is 58.5 Å². The monoisotopic (exact) mass is 761 g/mol. The van der Waals surface area contributed by atoms with E-state index in [1.165, 1.54) is 26.1 Å². The highest BCUT2D eigenvalue weighted by molar-refractivity contribution is 6.48. The number of benzene rings is 2. The number of rotatable bonds is 7. The number of hydrogen-bond donors (Lipinski definition) is 1. The first-order valence-electron chi connectivity index (χ1n) is 13.0. The molecule has 48 heavy (non-hydrogen) atoms. The molecule has 0 aliphatic rings. The molecule has 2 aromatic carbocycles. The minimum absolute atomic E-state index is 0.0102. The average molecular weight is 763 g/mol. The number of carbonyl (C=O) groups is 3. The minimum atomic E-state index is -5.50. The van der Waals surface area contributed by atoms with E-state index >= 15 is 4.39 Å². The number of nitrogens with zero attached hydrogens (tertiary/aromatic N) is 2. The van der Waals surface area contributed by atoms with E-state index in [-0.39, 0.29) is 27.2 Å². The van der Waals surface area contributed by atoms with Crippen molar-refractivity contribution in [1.82, 2.24) is 15.3 Å². The summed E-state index contributed by atoms with van der Waals surface area (Å²) >= 11 is 17.3. The highest BCUT2D eigenvalue weighted by atomic mass is 35.5. The van der Waals surface area contributed by atoms with Crippen LogP contribution in [0, 0.1) is 0 Å². The molecule has 0 radical (unpaired) electrons. The van der Waals surface area contributed by atoms with Gasteiger partial charge in [-0.1, -0.05) is 40.9 Å². The van der Waals surface area contributed by atoms with E-state index in [1.807, 2.05) is 0 Å². The summed E-state index contributed by atoms with van der Waals surface area (Å²) in [6.07, 6.45) is -17.1. The van der Waals surface area contributed by atoms with Crippen LogP contribution in [0.2, 0.25) is 15.1 Å². The maximum Gasteiger partial charge on any atom is 0.429 e. The molecule has 1 unspecified atom stereocenters. The SMILES string of the molecule is CN(C(=O)OC(C)(C)C)N(CC(=O)NCC(F)(F)F)C(=O)c1ccc(/C(F)=C/C(c2cc(Cl)c(Cl)c(Cl)c2)C(F)(F)F)cc1C(F)(F)F. The Labute approximate surface area is 281 Å². The lowest BCUT2D eigenvalue weighted by atomic mass is 9.95. The van der Waals surface area contributed by atoms with E-state index in [4.69, 9.17) is 39.5 Å². The van der Waals surface area contributed by atoms with Crippen LogP contribution >= 0.6 is 34.8 Å². The fourth-order valence-electron chi connectivity index (χ4n) is 3.76. The number of alkyl halides is 9. The topological polar surface area (TPSA) is 79.0 Å². The Morgan fingerprint density at radius 1 is 0.917 bits per heavy atom. The van der Waals surface area contributed by atoms with Crippen molar-refractivity contribution in [3.8, 4) is 0 Å². The van der Waals surface area contributed by atoms with Crippen LogP contribution in [0.3, 0.4) is 0 Å². The lowest BCUT2D eigenvalue weighted by Crippen LogP contribution is -2.53. The second kappa shape index (κ2) is 15.0. The van der Waals surface area contributed by atoms with Gasteiger partial charge in [-0.05, 0) is 56.7 Å². The van der Waals surface area contributed by atoms with Gasteiger partial charge in [-0.2, -0.15) is 39.5 Å². The van der Waals surface area contributed by atoms with E-state index < -0.39 is 99.2 Å². The fraction of sp³-hybridized carbons (Fsp3) is 0.393. The number of halogens is 13. The molecule has 2 aromatic rings. The molecular weight excluding hydrogens is 739 g/mol. The van der Waals surface area contributed by atoms with Crippen LogP contribution in [-0.2, 0) is 15.7 Å². The van der Waals surface area contributed by atoms with Crippen LogP contribution in [0.4, 0.5) is 48.7 Å². The molecule has 0 spiro atoms. The summed E-state index contributed by atoms with van der Waals surface area (Å²) in [5.74, 6) is -7.99. The molecule has 0 fully saturated rings. The maximum absolute atomic E-state index is 15.3. The van der Waals surface area contributed by atoms with Gasteiger partial charge in [-0.3, -0.25) is 9.59 Å². The van der Waals surface area contributed by atoms with Gasteiger partial charge in [-0.25, -0.2) is 19.2 Å². The smallest absolute Gasteiger partial charge is 0.429 e. The third-order valence-electron chi connectivity index (χ3n) is 5.90. The molecule has 20 heteroatoms. The predicted molar refractivity (Wildman–Crippen MR) is 155 cm³/mol. The fourth-order valence-corrected chi connectivity index (χ4v) is 4.37. The summed E-state index contributed by atoms with van der Waals surface area (Å²) in [7, 11) is 0.763. The van der Waals surface area contributed by atoms with Crippen molar-refractivity contribution < 1.29 is 63.0 Å².